The van der Waals surface area contributed by atoms with Gasteiger partial charge in [0.1, 0.15) is 5.82 Å². The average molecular weight is 446 g/mol. The summed E-state index contributed by atoms with van der Waals surface area (Å²) in [5.74, 6) is -1.47. The number of aromatic amines is 1. The molecule has 0 saturated carbocycles. The number of H-pyrrole nitrogens is 1. The zero-order valence-electron chi connectivity index (χ0n) is 16.8. The van der Waals surface area contributed by atoms with Crippen LogP contribution in [-0.2, 0) is 16.0 Å². The molecule has 1 fully saturated rings. The second kappa shape index (κ2) is 9.51. The second-order valence-electron chi connectivity index (χ2n) is 7.15. The first-order valence-electron chi connectivity index (χ1n) is 9.38. The lowest BCUT2D eigenvalue weighted by molar-refractivity contribution is -0.192. The Morgan fingerprint density at radius 3 is 2.33 bits per heavy atom. The Kier molecular flexibility index (Phi) is 7.52. The number of rotatable bonds is 4. The Hall–Kier alpha value is -2.55. The van der Waals surface area contributed by atoms with Gasteiger partial charge in [-0.2, -0.15) is 13.2 Å². The highest BCUT2D eigenvalue weighted by atomic mass is 35.5. The largest absolute Gasteiger partial charge is 0.490 e. The Balaban J connectivity index is 0.000000396. The zero-order chi connectivity index (χ0) is 22.6. The van der Waals surface area contributed by atoms with E-state index in [4.69, 9.17) is 26.5 Å². The molecule has 10 heteroatoms. The fraction of sp³-hybridized carbons (Fsp3) is 0.450. The first kappa shape index (κ1) is 23.7. The number of carboxylic acids is 1. The highest BCUT2D eigenvalue weighted by Crippen LogP contribution is 2.31. The van der Waals surface area contributed by atoms with Crippen LogP contribution in [0.1, 0.15) is 44.6 Å². The molecule has 1 unspecified atom stereocenters. The molecule has 6 nitrogen and oxygen atoms in total. The number of carbonyl (C=O) groups excluding carboxylic acids is 1. The zero-order valence-corrected chi connectivity index (χ0v) is 17.5. The maximum absolute atomic E-state index is 12.1. The predicted molar refractivity (Wildman–Crippen MR) is 106 cm³/mol. The van der Waals surface area contributed by atoms with E-state index in [-0.39, 0.29) is 17.9 Å². The van der Waals surface area contributed by atoms with E-state index < -0.39 is 12.1 Å². The molecule has 1 aromatic carbocycles. The third kappa shape index (κ3) is 5.75. The number of nitrogens with one attached hydrogen (secondary N) is 1. The summed E-state index contributed by atoms with van der Waals surface area (Å²) in [5, 5.41) is 7.84. The van der Waals surface area contributed by atoms with Crippen LogP contribution in [0.3, 0.4) is 0 Å². The number of hydrogen-bond acceptors (Lipinski definition) is 3. The summed E-state index contributed by atoms with van der Waals surface area (Å²) in [6, 6.07) is 7.97. The van der Waals surface area contributed by atoms with E-state index in [0.717, 1.165) is 40.8 Å². The van der Waals surface area contributed by atoms with Crippen LogP contribution in [0.5, 0.6) is 0 Å². The SMILES string of the molecule is CCc1[nH]c(C2CC(=O)N(C(C)C)C2)nc1-c1ccc(Cl)cc1.O=C(O)C(F)(F)F. The number of benzene rings is 1. The number of alkyl halides is 3. The number of halogens is 4. The number of likely N-dealkylation sites (tertiary alicyclic amines) is 1. The van der Waals surface area contributed by atoms with Crippen LogP contribution in [0.15, 0.2) is 24.3 Å². The van der Waals surface area contributed by atoms with E-state index in [0.29, 0.717) is 6.42 Å². The van der Waals surface area contributed by atoms with E-state index in [9.17, 15) is 18.0 Å². The molecule has 0 bridgehead atoms. The summed E-state index contributed by atoms with van der Waals surface area (Å²) in [5.41, 5.74) is 3.13. The van der Waals surface area contributed by atoms with Gasteiger partial charge in [0.15, 0.2) is 0 Å². The molecule has 0 radical (unpaired) electrons. The van der Waals surface area contributed by atoms with Crippen LogP contribution in [0.2, 0.25) is 5.02 Å². The van der Waals surface area contributed by atoms with Crippen molar-refractivity contribution in [2.45, 2.75) is 51.7 Å². The molecule has 2 aromatic rings. The molecule has 2 N–H and O–H groups in total. The number of imidazole rings is 1. The Morgan fingerprint density at radius 1 is 1.33 bits per heavy atom. The predicted octanol–water partition coefficient (Wildman–Crippen LogP) is 4.65. The normalized spacial score (nSPS) is 16.6. The number of aromatic nitrogens is 2. The minimum Gasteiger partial charge on any atom is -0.475 e. The van der Waals surface area contributed by atoms with Crippen LogP contribution in [0.25, 0.3) is 11.3 Å². The number of hydrogen-bond donors (Lipinski definition) is 2. The lowest BCUT2D eigenvalue weighted by Gasteiger charge is -2.20. The van der Waals surface area contributed by atoms with Gasteiger partial charge in [0, 0.05) is 41.2 Å². The smallest absolute Gasteiger partial charge is 0.475 e. The second-order valence-corrected chi connectivity index (χ2v) is 7.59. The van der Waals surface area contributed by atoms with E-state index in [2.05, 4.69) is 25.8 Å². The van der Waals surface area contributed by atoms with Gasteiger partial charge in [0.25, 0.3) is 0 Å². The van der Waals surface area contributed by atoms with Crippen LogP contribution in [0, 0.1) is 0 Å². The number of aliphatic carboxylic acids is 1. The number of aryl methyl sites for hydroxylation is 1. The van der Waals surface area contributed by atoms with Gasteiger partial charge in [-0.3, -0.25) is 4.79 Å². The van der Waals surface area contributed by atoms with Gasteiger partial charge in [-0.25, -0.2) is 9.78 Å². The van der Waals surface area contributed by atoms with E-state index in [1.807, 2.05) is 29.2 Å². The van der Waals surface area contributed by atoms with E-state index in [1.165, 1.54) is 0 Å². The van der Waals surface area contributed by atoms with Gasteiger partial charge in [0.05, 0.1) is 5.69 Å². The van der Waals surface area contributed by atoms with Crippen molar-refractivity contribution in [2.75, 3.05) is 6.54 Å². The van der Waals surface area contributed by atoms with E-state index in [1.54, 1.807) is 0 Å². The third-order valence-corrected chi connectivity index (χ3v) is 4.93. The highest BCUT2D eigenvalue weighted by molar-refractivity contribution is 6.30. The lowest BCUT2D eigenvalue weighted by atomic mass is 10.1. The minimum atomic E-state index is -5.08. The molecular weight excluding hydrogens is 423 g/mol. The molecule has 2 heterocycles. The molecule has 1 amide bonds. The van der Waals surface area contributed by atoms with Crippen molar-refractivity contribution >= 4 is 23.5 Å². The van der Waals surface area contributed by atoms with Crippen molar-refractivity contribution in [1.29, 1.82) is 0 Å². The van der Waals surface area contributed by atoms with Crippen LogP contribution >= 0.6 is 11.6 Å². The Bertz CT molecular complexity index is 895. The summed E-state index contributed by atoms with van der Waals surface area (Å²) in [4.78, 5) is 31.2. The molecule has 30 heavy (non-hydrogen) atoms. The molecule has 1 saturated heterocycles. The van der Waals surface area contributed by atoms with Crippen LogP contribution in [-0.4, -0.2) is 50.6 Å². The number of amides is 1. The lowest BCUT2D eigenvalue weighted by Crippen LogP contribution is -2.31. The summed E-state index contributed by atoms with van der Waals surface area (Å²) in [6.07, 6.45) is -3.67. The first-order chi connectivity index (χ1) is 13.9. The molecule has 164 valence electrons. The van der Waals surface area contributed by atoms with Crippen molar-refractivity contribution < 1.29 is 27.9 Å². The van der Waals surface area contributed by atoms with E-state index >= 15 is 0 Å². The van der Waals surface area contributed by atoms with Crippen molar-refractivity contribution in [3.63, 3.8) is 0 Å². The van der Waals surface area contributed by atoms with Crippen molar-refractivity contribution in [3.8, 4) is 11.3 Å². The van der Waals surface area contributed by atoms with Crippen molar-refractivity contribution in [2.24, 2.45) is 0 Å². The van der Waals surface area contributed by atoms with Gasteiger partial charge in [-0.15, -0.1) is 0 Å². The number of nitrogens with zero attached hydrogens (tertiary/aromatic N) is 2. The molecule has 3 rings (SSSR count). The Labute approximate surface area is 177 Å². The fourth-order valence-electron chi connectivity index (χ4n) is 3.14. The summed E-state index contributed by atoms with van der Waals surface area (Å²) >= 11 is 5.97. The molecule has 0 spiro atoms. The standard InChI is InChI=1S/C18H22ClN3O.C2HF3O2/c1-4-15-17(12-5-7-14(19)8-6-12)21-18(20-15)13-9-16(23)22(10-13)11(2)3;3-2(4,5)1(6)7/h5-8,11,13H,4,9-10H2,1-3H3,(H,20,21);(H,6,7). The third-order valence-electron chi connectivity index (χ3n) is 4.68. The quantitative estimate of drug-likeness (QED) is 0.717. The maximum atomic E-state index is 12.1. The number of carbonyl (C=O) groups is 2. The van der Waals surface area contributed by atoms with Gasteiger partial charge in [0.2, 0.25) is 5.91 Å². The topological polar surface area (TPSA) is 86.3 Å². The molecule has 1 aliphatic rings. The summed E-state index contributed by atoms with van der Waals surface area (Å²) in [6.45, 7) is 6.96. The minimum absolute atomic E-state index is 0.149. The van der Waals surface area contributed by atoms with Gasteiger partial charge in [-0.1, -0.05) is 30.7 Å². The summed E-state index contributed by atoms with van der Waals surface area (Å²) < 4.78 is 31.7. The van der Waals surface area contributed by atoms with Gasteiger partial charge < -0.3 is 15.0 Å². The van der Waals surface area contributed by atoms with Gasteiger partial charge in [-0.05, 0) is 32.4 Å². The van der Waals surface area contributed by atoms with Crippen molar-refractivity contribution in [1.82, 2.24) is 14.9 Å². The van der Waals surface area contributed by atoms with Crippen LogP contribution < -0.4 is 0 Å². The molecule has 1 aliphatic heterocycles. The average Bonchev–Trinajstić information content (AvgIpc) is 3.25. The van der Waals surface area contributed by atoms with Crippen molar-refractivity contribution in [3.05, 3.63) is 40.8 Å². The number of carboxylic acid groups (broad SMARTS) is 1. The Morgan fingerprint density at radius 2 is 1.90 bits per heavy atom. The molecule has 1 atom stereocenters. The molecule has 1 aromatic heterocycles. The molecular formula is C20H23ClF3N3O3. The van der Waals surface area contributed by atoms with Gasteiger partial charge >= 0.3 is 12.1 Å². The highest BCUT2D eigenvalue weighted by Gasteiger charge is 2.38. The summed E-state index contributed by atoms with van der Waals surface area (Å²) in [7, 11) is 0. The fourth-order valence-corrected chi connectivity index (χ4v) is 3.27. The molecule has 0 aliphatic carbocycles. The maximum Gasteiger partial charge on any atom is 0.490 e. The monoisotopic (exact) mass is 445 g/mol. The first-order valence-corrected chi connectivity index (χ1v) is 9.76. The van der Waals surface area contributed by atoms with Crippen LogP contribution in [0.4, 0.5) is 13.2 Å².